The second kappa shape index (κ2) is 14.9. The van der Waals surface area contributed by atoms with Crippen molar-refractivity contribution in [3.05, 3.63) is 77.9 Å². The summed E-state index contributed by atoms with van der Waals surface area (Å²) in [6.07, 6.45) is 3.07. The van der Waals surface area contributed by atoms with Gasteiger partial charge in [0.15, 0.2) is 34.4 Å². The minimum absolute atomic E-state index is 0.183. The van der Waals surface area contributed by atoms with Gasteiger partial charge in [-0.05, 0) is 69.2 Å². The van der Waals surface area contributed by atoms with E-state index in [-0.39, 0.29) is 35.1 Å². The van der Waals surface area contributed by atoms with E-state index in [1.807, 2.05) is 13.8 Å². The Hall–Kier alpha value is -4.29. The Labute approximate surface area is 262 Å². The maximum atomic E-state index is 13.9. The summed E-state index contributed by atoms with van der Waals surface area (Å²) in [5, 5.41) is 0.183. The van der Waals surface area contributed by atoms with E-state index in [0.29, 0.717) is 57.5 Å². The van der Waals surface area contributed by atoms with Crippen molar-refractivity contribution in [3.8, 4) is 23.0 Å². The Morgan fingerprint density at radius 2 is 1.66 bits per heavy atom. The first-order valence-electron chi connectivity index (χ1n) is 14.0. The van der Waals surface area contributed by atoms with Crippen molar-refractivity contribution < 1.29 is 38.0 Å². The summed E-state index contributed by atoms with van der Waals surface area (Å²) in [4.78, 5) is 43.4. The lowest BCUT2D eigenvalue weighted by molar-refractivity contribution is -0.145. The fraction of sp³-hybridized carbons (Fsp3) is 0.355. The van der Waals surface area contributed by atoms with Gasteiger partial charge in [0.05, 0.1) is 54.7 Å². The smallest absolute Gasteiger partial charge is 0.344 e. The number of ether oxygens (including phenoxy) is 6. The zero-order valence-corrected chi connectivity index (χ0v) is 26.6. The molecule has 0 aliphatic carbocycles. The number of carbonyl (C=O) groups is 2. The highest BCUT2D eigenvalue weighted by Crippen LogP contribution is 2.37. The van der Waals surface area contributed by atoms with Crippen LogP contribution in [0.5, 0.6) is 23.0 Å². The third-order valence-electron chi connectivity index (χ3n) is 6.28. The Kier molecular flexibility index (Phi) is 11.1. The van der Waals surface area contributed by atoms with Gasteiger partial charge in [-0.15, -0.1) is 0 Å². The van der Waals surface area contributed by atoms with Gasteiger partial charge in [-0.3, -0.25) is 9.36 Å². The molecule has 0 spiro atoms. The molecule has 3 aromatic rings. The summed E-state index contributed by atoms with van der Waals surface area (Å²) in [5.41, 5.74) is 0.969. The van der Waals surface area contributed by atoms with Gasteiger partial charge in [-0.25, -0.2) is 14.6 Å². The molecule has 0 radical (unpaired) electrons. The monoisotopic (exact) mass is 644 g/mol. The molecule has 1 aliphatic heterocycles. The van der Waals surface area contributed by atoms with Crippen molar-refractivity contribution in [1.29, 1.82) is 0 Å². The van der Waals surface area contributed by atoms with Crippen LogP contribution in [0.4, 0.5) is 0 Å². The quantitative estimate of drug-likeness (QED) is 0.256. The van der Waals surface area contributed by atoms with E-state index in [1.165, 1.54) is 17.9 Å². The zero-order chi connectivity index (χ0) is 31.8. The molecule has 2 aromatic carbocycles. The van der Waals surface area contributed by atoms with E-state index < -0.39 is 18.0 Å². The number of carbonyl (C=O) groups excluding carboxylic acids is 2. The molecule has 1 atom stereocenters. The molecule has 0 saturated heterocycles. The number of aromatic nitrogens is 1. The predicted molar refractivity (Wildman–Crippen MR) is 165 cm³/mol. The van der Waals surface area contributed by atoms with Crippen LogP contribution in [-0.2, 0) is 19.1 Å². The van der Waals surface area contributed by atoms with Crippen LogP contribution in [-0.4, -0.2) is 56.6 Å². The number of halogens is 1. The highest BCUT2D eigenvalue weighted by atomic mass is 35.5. The van der Waals surface area contributed by atoms with Crippen LogP contribution < -0.4 is 33.8 Å². The number of rotatable bonds is 13. The third-order valence-corrected chi connectivity index (χ3v) is 7.56. The molecule has 234 valence electrons. The molecule has 1 aromatic heterocycles. The topological polar surface area (TPSA) is 124 Å². The first-order chi connectivity index (χ1) is 21.3. The maximum Gasteiger partial charge on any atom is 0.344 e. The highest BCUT2D eigenvalue weighted by Gasteiger charge is 2.31. The number of esters is 2. The van der Waals surface area contributed by atoms with Crippen LogP contribution in [0.15, 0.2) is 51.9 Å². The van der Waals surface area contributed by atoms with Crippen LogP contribution in [0, 0.1) is 0 Å². The van der Waals surface area contributed by atoms with E-state index in [2.05, 4.69) is 4.99 Å². The zero-order valence-electron chi connectivity index (χ0n) is 25.0. The van der Waals surface area contributed by atoms with Crippen molar-refractivity contribution in [1.82, 2.24) is 4.57 Å². The molecule has 11 nitrogen and oxygen atoms in total. The summed E-state index contributed by atoms with van der Waals surface area (Å²) in [6.45, 7) is 8.24. The highest BCUT2D eigenvalue weighted by molar-refractivity contribution is 7.07. The number of hydrogen-bond acceptors (Lipinski definition) is 11. The van der Waals surface area contributed by atoms with Crippen LogP contribution >= 0.6 is 22.9 Å². The number of hydrogen-bond donors (Lipinski definition) is 0. The van der Waals surface area contributed by atoms with Crippen molar-refractivity contribution in [2.45, 2.75) is 33.7 Å². The fourth-order valence-corrected chi connectivity index (χ4v) is 5.79. The number of thiazole rings is 1. The largest absolute Gasteiger partial charge is 0.490 e. The van der Waals surface area contributed by atoms with E-state index in [0.717, 1.165) is 11.3 Å². The Bertz CT molecular complexity index is 1750. The van der Waals surface area contributed by atoms with Gasteiger partial charge in [0.2, 0.25) is 0 Å². The van der Waals surface area contributed by atoms with E-state index in [9.17, 15) is 14.4 Å². The first kappa shape index (κ1) is 32.6. The second-order valence-electron chi connectivity index (χ2n) is 9.10. The van der Waals surface area contributed by atoms with Gasteiger partial charge in [-0.2, -0.15) is 0 Å². The lowest BCUT2D eigenvalue weighted by atomic mass is 9.97. The molecule has 13 heteroatoms. The van der Waals surface area contributed by atoms with Crippen molar-refractivity contribution in [3.63, 3.8) is 0 Å². The van der Waals surface area contributed by atoms with Crippen LogP contribution in [0.3, 0.4) is 0 Å². The molecule has 0 saturated carbocycles. The molecule has 4 rings (SSSR count). The molecule has 0 unspecified atom stereocenters. The number of nitrogens with zero attached hydrogens (tertiary/aromatic N) is 2. The SMILES string of the molecule is CCOC(=O)COc1c(Cl)cc(/C=c2\sc3n(c2=O)[C@H](c2ccc(OCC)c(OCC)c2)C(C(=O)OC)=CN=3)cc1OCC. The normalized spacial score (nSPS) is 14.2. The number of benzene rings is 2. The van der Waals surface area contributed by atoms with Crippen LogP contribution in [0.1, 0.15) is 44.9 Å². The number of fused-ring (bicyclic) bond motifs is 1. The molecule has 0 amide bonds. The Morgan fingerprint density at radius 3 is 2.34 bits per heavy atom. The second-order valence-corrected chi connectivity index (χ2v) is 10.5. The summed E-state index contributed by atoms with van der Waals surface area (Å²) >= 11 is 7.68. The minimum atomic E-state index is -0.836. The van der Waals surface area contributed by atoms with Gasteiger partial charge in [0.1, 0.15) is 0 Å². The summed E-state index contributed by atoms with van der Waals surface area (Å²) in [5.74, 6) is 0.351. The summed E-state index contributed by atoms with van der Waals surface area (Å²) in [6, 6.07) is 7.70. The van der Waals surface area contributed by atoms with E-state index >= 15 is 0 Å². The van der Waals surface area contributed by atoms with Crippen molar-refractivity contribution >= 4 is 41.0 Å². The molecular weight excluding hydrogens is 612 g/mol. The first-order valence-corrected chi connectivity index (χ1v) is 15.2. The van der Waals surface area contributed by atoms with E-state index in [4.69, 9.17) is 40.0 Å². The van der Waals surface area contributed by atoms with Gasteiger partial charge in [0, 0.05) is 6.20 Å². The summed E-state index contributed by atoms with van der Waals surface area (Å²) < 4.78 is 34.6. The number of methoxy groups -OCH3 is 1. The molecule has 0 bridgehead atoms. The maximum absolute atomic E-state index is 13.9. The molecule has 44 heavy (non-hydrogen) atoms. The Balaban J connectivity index is 1.82. The predicted octanol–water partition coefficient (Wildman–Crippen LogP) is 3.81. The lowest BCUT2D eigenvalue weighted by Crippen LogP contribution is -2.39. The average Bonchev–Trinajstić information content (AvgIpc) is 3.31. The Morgan fingerprint density at radius 1 is 0.955 bits per heavy atom. The van der Waals surface area contributed by atoms with E-state index in [1.54, 1.807) is 50.3 Å². The van der Waals surface area contributed by atoms with Crippen molar-refractivity contribution in [2.24, 2.45) is 4.99 Å². The molecule has 1 aliphatic rings. The van der Waals surface area contributed by atoms with Gasteiger partial charge < -0.3 is 28.4 Å². The van der Waals surface area contributed by atoms with Crippen LogP contribution in [0.25, 0.3) is 6.08 Å². The molecule has 0 fully saturated rings. The molecular formula is C31H33ClN2O9S. The van der Waals surface area contributed by atoms with Gasteiger partial charge in [0.25, 0.3) is 5.56 Å². The van der Waals surface area contributed by atoms with Crippen molar-refractivity contribution in [2.75, 3.05) is 40.1 Å². The third kappa shape index (κ3) is 7.08. The lowest BCUT2D eigenvalue weighted by Gasteiger charge is -2.23. The van der Waals surface area contributed by atoms with Crippen LogP contribution in [0.2, 0.25) is 5.02 Å². The standard InChI is InChI=1S/C31H33ClN2O9S/c1-6-39-22-11-10-19(15-23(22)40-7-2)27-20(30(37)38-5)16-33-31-34(27)29(36)25(44-31)14-18-12-21(32)28(24(13-18)41-8-3)43-17-26(35)42-9-4/h10-16,27H,6-9,17H2,1-5H3/b25-14-/t27-/m1/s1. The minimum Gasteiger partial charge on any atom is -0.490 e. The average molecular weight is 645 g/mol. The van der Waals surface area contributed by atoms with Gasteiger partial charge in [-0.1, -0.05) is 29.0 Å². The summed E-state index contributed by atoms with van der Waals surface area (Å²) in [7, 11) is 1.27. The fourth-order valence-electron chi connectivity index (χ4n) is 4.55. The molecule has 0 N–H and O–H groups in total. The van der Waals surface area contributed by atoms with Gasteiger partial charge >= 0.3 is 11.9 Å². The molecule has 2 heterocycles.